The molecule has 0 radical (unpaired) electrons. The van der Waals surface area contributed by atoms with Gasteiger partial charge in [0.2, 0.25) is 0 Å². The maximum absolute atomic E-state index is 5.24. The Labute approximate surface area is 90.0 Å². The van der Waals surface area contributed by atoms with Gasteiger partial charge >= 0.3 is 9.28 Å². The van der Waals surface area contributed by atoms with Gasteiger partial charge in [0.15, 0.2) is 0 Å². The molecule has 0 aliphatic rings. The van der Waals surface area contributed by atoms with Gasteiger partial charge < -0.3 is 14.2 Å². The minimum Gasteiger partial charge on any atom is -0.400 e. The monoisotopic (exact) mass is 219 g/mol. The van der Waals surface area contributed by atoms with Gasteiger partial charge in [-0.25, -0.2) is 0 Å². The Morgan fingerprint density at radius 2 is 1.64 bits per heavy atom. The van der Waals surface area contributed by atoms with E-state index in [9.17, 15) is 0 Å². The smallest absolute Gasteiger partial charge is 0.320 e. The lowest BCUT2D eigenvalue weighted by Crippen LogP contribution is -2.20. The summed E-state index contributed by atoms with van der Waals surface area (Å²) in [6.45, 7) is 4.51. The summed E-state index contributed by atoms with van der Waals surface area (Å²) in [6.07, 6.45) is 5.01. The lowest BCUT2D eigenvalue weighted by molar-refractivity contribution is 0.276. The van der Waals surface area contributed by atoms with Crippen LogP contribution < -0.4 is 5.32 Å². The second kappa shape index (κ2) is 11.2. The Hall–Kier alpha value is 0.0969. The first-order chi connectivity index (χ1) is 6.85. The van der Waals surface area contributed by atoms with Crippen molar-refractivity contribution in [3.8, 4) is 0 Å². The van der Waals surface area contributed by atoms with Gasteiger partial charge in [-0.3, -0.25) is 0 Å². The van der Waals surface area contributed by atoms with E-state index in [-0.39, 0.29) is 0 Å². The minimum atomic E-state index is -1.28. The van der Waals surface area contributed by atoms with Crippen LogP contribution in [0.15, 0.2) is 0 Å². The van der Waals surface area contributed by atoms with E-state index in [1.807, 2.05) is 0 Å². The number of nitrogens with one attached hydrogen (secondary N) is 1. The van der Waals surface area contributed by atoms with E-state index in [1.54, 1.807) is 14.2 Å². The molecule has 1 N–H and O–H groups in total. The number of rotatable bonds is 10. The molecule has 0 aromatic rings. The zero-order chi connectivity index (χ0) is 10.6. The topological polar surface area (TPSA) is 30.5 Å². The van der Waals surface area contributed by atoms with Gasteiger partial charge in [0.05, 0.1) is 0 Å². The van der Waals surface area contributed by atoms with E-state index >= 15 is 0 Å². The van der Waals surface area contributed by atoms with Gasteiger partial charge in [-0.05, 0) is 32.0 Å². The molecule has 0 aliphatic heterocycles. The third-order valence-corrected chi connectivity index (χ3v) is 4.21. The number of hydrogen-bond donors (Lipinski definition) is 1. The molecule has 0 rings (SSSR count). The van der Waals surface area contributed by atoms with E-state index < -0.39 is 9.28 Å². The molecule has 0 aliphatic carbocycles. The van der Waals surface area contributed by atoms with E-state index in [4.69, 9.17) is 8.85 Å². The Kier molecular flexibility index (Phi) is 11.3. The van der Waals surface area contributed by atoms with Crippen LogP contribution in [0.4, 0.5) is 0 Å². The van der Waals surface area contributed by atoms with Crippen LogP contribution in [0.3, 0.4) is 0 Å². The minimum absolute atomic E-state index is 1.13. The largest absolute Gasteiger partial charge is 0.400 e. The number of hydrogen-bond acceptors (Lipinski definition) is 3. The summed E-state index contributed by atoms with van der Waals surface area (Å²) in [4.78, 5) is 0. The first kappa shape index (κ1) is 14.1. The Morgan fingerprint density at radius 3 is 2.21 bits per heavy atom. The summed E-state index contributed by atoms with van der Waals surface area (Å²) >= 11 is 0. The average molecular weight is 219 g/mol. The van der Waals surface area contributed by atoms with Crippen LogP contribution in [0.25, 0.3) is 0 Å². The first-order valence-corrected chi connectivity index (χ1v) is 7.37. The standard InChI is InChI=1S/C10H25NO2Si/c1-4-5-8-11-9-6-7-10-14(12-2)13-3/h11,14H,4-10H2,1-3H3. The van der Waals surface area contributed by atoms with Crippen LogP contribution in [0.2, 0.25) is 6.04 Å². The highest BCUT2D eigenvalue weighted by atomic mass is 28.3. The first-order valence-electron chi connectivity index (χ1n) is 5.61. The van der Waals surface area contributed by atoms with E-state index in [1.165, 1.54) is 25.7 Å². The van der Waals surface area contributed by atoms with Crippen molar-refractivity contribution in [2.24, 2.45) is 0 Å². The van der Waals surface area contributed by atoms with Gasteiger partial charge in [-0.2, -0.15) is 0 Å². The molecule has 0 aromatic heterocycles. The van der Waals surface area contributed by atoms with Crippen molar-refractivity contribution >= 4 is 9.28 Å². The van der Waals surface area contributed by atoms with E-state index in [0.717, 1.165) is 19.1 Å². The fraction of sp³-hybridized carbons (Fsp3) is 1.00. The zero-order valence-electron chi connectivity index (χ0n) is 9.84. The van der Waals surface area contributed by atoms with Crippen molar-refractivity contribution in [1.29, 1.82) is 0 Å². The second-order valence-corrected chi connectivity index (χ2v) is 5.88. The number of unbranched alkanes of at least 4 members (excludes halogenated alkanes) is 2. The maximum atomic E-state index is 5.24. The molecule has 0 saturated heterocycles. The van der Waals surface area contributed by atoms with Gasteiger partial charge in [-0.15, -0.1) is 0 Å². The van der Waals surface area contributed by atoms with Crippen molar-refractivity contribution < 1.29 is 8.85 Å². The van der Waals surface area contributed by atoms with Gasteiger partial charge in [0.1, 0.15) is 0 Å². The molecule has 4 heteroatoms. The molecular weight excluding hydrogens is 194 g/mol. The van der Waals surface area contributed by atoms with Crippen molar-refractivity contribution in [1.82, 2.24) is 5.32 Å². The predicted molar refractivity (Wildman–Crippen MR) is 63.0 cm³/mol. The normalized spacial score (nSPS) is 11.1. The third kappa shape index (κ3) is 8.68. The quantitative estimate of drug-likeness (QED) is 0.448. The molecule has 0 fully saturated rings. The Bertz CT molecular complexity index is 110. The van der Waals surface area contributed by atoms with Gasteiger partial charge in [-0.1, -0.05) is 19.8 Å². The summed E-state index contributed by atoms with van der Waals surface area (Å²) in [5, 5.41) is 3.43. The van der Waals surface area contributed by atoms with Crippen LogP contribution in [0, 0.1) is 0 Å². The zero-order valence-corrected chi connectivity index (χ0v) is 11.0. The van der Waals surface area contributed by atoms with E-state index in [0.29, 0.717) is 0 Å². The highest BCUT2D eigenvalue weighted by molar-refractivity contribution is 6.44. The average Bonchev–Trinajstić information content (AvgIpc) is 2.22. The summed E-state index contributed by atoms with van der Waals surface area (Å²) in [5.41, 5.74) is 0. The molecular formula is C10H25NO2Si. The highest BCUT2D eigenvalue weighted by Crippen LogP contribution is 2.01. The van der Waals surface area contributed by atoms with Crippen molar-refractivity contribution in [3.63, 3.8) is 0 Å². The van der Waals surface area contributed by atoms with Crippen molar-refractivity contribution in [2.75, 3.05) is 27.3 Å². The molecule has 3 nitrogen and oxygen atoms in total. The van der Waals surface area contributed by atoms with Gasteiger partial charge in [0, 0.05) is 14.2 Å². The third-order valence-electron chi connectivity index (χ3n) is 2.28. The van der Waals surface area contributed by atoms with Crippen LogP contribution in [-0.2, 0) is 8.85 Å². The van der Waals surface area contributed by atoms with Crippen molar-refractivity contribution in [2.45, 2.75) is 38.7 Å². The highest BCUT2D eigenvalue weighted by Gasteiger charge is 2.07. The van der Waals surface area contributed by atoms with Crippen LogP contribution in [0.5, 0.6) is 0 Å². The molecule has 0 atom stereocenters. The summed E-state index contributed by atoms with van der Waals surface area (Å²) in [7, 11) is 2.22. The van der Waals surface area contributed by atoms with Gasteiger partial charge in [0.25, 0.3) is 0 Å². The molecule has 0 spiro atoms. The van der Waals surface area contributed by atoms with Crippen LogP contribution >= 0.6 is 0 Å². The van der Waals surface area contributed by atoms with Crippen LogP contribution in [-0.4, -0.2) is 36.6 Å². The summed E-state index contributed by atoms with van der Waals surface area (Å²) < 4.78 is 10.5. The molecule has 0 unspecified atom stereocenters. The molecule has 14 heavy (non-hydrogen) atoms. The molecule has 0 amide bonds. The lowest BCUT2D eigenvalue weighted by atomic mass is 10.3. The predicted octanol–water partition coefficient (Wildman–Crippen LogP) is 1.67. The van der Waals surface area contributed by atoms with E-state index in [2.05, 4.69) is 12.2 Å². The fourth-order valence-corrected chi connectivity index (χ4v) is 2.61. The SMILES string of the molecule is CCCCNCCCC[SiH](OC)OC. The summed E-state index contributed by atoms with van der Waals surface area (Å²) in [6, 6.07) is 1.13. The molecule has 0 aromatic carbocycles. The molecule has 0 saturated carbocycles. The molecule has 86 valence electrons. The second-order valence-electron chi connectivity index (χ2n) is 3.50. The van der Waals surface area contributed by atoms with Crippen molar-refractivity contribution in [3.05, 3.63) is 0 Å². The fourth-order valence-electron chi connectivity index (χ4n) is 1.32. The van der Waals surface area contributed by atoms with Crippen LogP contribution in [0.1, 0.15) is 32.6 Å². The lowest BCUT2D eigenvalue weighted by Gasteiger charge is -2.10. The Balaban J connectivity index is 3.04. The Morgan fingerprint density at radius 1 is 1.00 bits per heavy atom. The maximum Gasteiger partial charge on any atom is 0.320 e. The summed E-state index contributed by atoms with van der Waals surface area (Å²) in [5.74, 6) is 0. The molecule has 0 bridgehead atoms. The molecule has 0 heterocycles.